The van der Waals surface area contributed by atoms with Crippen molar-refractivity contribution in [1.82, 2.24) is 14.5 Å². The van der Waals surface area contributed by atoms with E-state index in [9.17, 15) is 13.2 Å². The summed E-state index contributed by atoms with van der Waals surface area (Å²) in [6.07, 6.45) is 0. The normalized spacial score (nSPS) is 11.8. The molecule has 0 saturated carbocycles. The first-order valence-corrected chi connectivity index (χ1v) is 10.9. The second-order valence-corrected chi connectivity index (χ2v) is 8.53. The van der Waals surface area contributed by atoms with Crippen molar-refractivity contribution in [2.75, 3.05) is 33.2 Å². The van der Waals surface area contributed by atoms with Gasteiger partial charge in [0.25, 0.3) is 5.91 Å². The van der Waals surface area contributed by atoms with Gasteiger partial charge in [-0.15, -0.1) is 0 Å². The molecule has 1 N–H and O–H groups in total. The topological polar surface area (TPSA) is 69.7 Å². The van der Waals surface area contributed by atoms with Gasteiger partial charge in [0.1, 0.15) is 0 Å². The number of nitrogens with zero attached hydrogens (tertiary/aromatic N) is 2. The lowest BCUT2D eigenvalue weighted by Crippen LogP contribution is -2.33. The Morgan fingerprint density at radius 3 is 2.32 bits per heavy atom. The van der Waals surface area contributed by atoms with Crippen LogP contribution in [0.3, 0.4) is 0 Å². The van der Waals surface area contributed by atoms with Crippen molar-refractivity contribution in [2.24, 2.45) is 0 Å². The maximum atomic E-state index is 12.6. The van der Waals surface area contributed by atoms with E-state index in [0.29, 0.717) is 31.7 Å². The fourth-order valence-corrected chi connectivity index (χ4v) is 4.45. The van der Waals surface area contributed by atoms with E-state index in [4.69, 9.17) is 0 Å². The van der Waals surface area contributed by atoms with Crippen LogP contribution >= 0.6 is 0 Å². The van der Waals surface area contributed by atoms with Crippen molar-refractivity contribution < 1.29 is 13.2 Å². The van der Waals surface area contributed by atoms with Crippen molar-refractivity contribution in [2.45, 2.75) is 25.3 Å². The van der Waals surface area contributed by atoms with Crippen molar-refractivity contribution in [1.29, 1.82) is 0 Å². The van der Waals surface area contributed by atoms with Crippen molar-refractivity contribution >= 4 is 15.9 Å². The third-order valence-electron chi connectivity index (χ3n) is 4.51. The molecule has 0 saturated heterocycles. The van der Waals surface area contributed by atoms with Crippen LogP contribution in [0.1, 0.15) is 29.8 Å². The number of likely N-dealkylation sites (N-methyl/N-ethyl adjacent to an activating group) is 1. The second-order valence-electron chi connectivity index (χ2n) is 6.60. The average Bonchev–Trinajstić information content (AvgIpc) is 2.69. The molecule has 0 radical (unpaired) electrons. The van der Waals surface area contributed by atoms with Crippen LogP contribution in [0, 0.1) is 0 Å². The maximum Gasteiger partial charge on any atom is 0.251 e. The van der Waals surface area contributed by atoms with Crippen LogP contribution in [0.5, 0.6) is 0 Å². The molecule has 2 rings (SSSR count). The summed E-state index contributed by atoms with van der Waals surface area (Å²) < 4.78 is 26.6. The van der Waals surface area contributed by atoms with E-state index in [1.807, 2.05) is 25.2 Å². The largest absolute Gasteiger partial charge is 0.351 e. The summed E-state index contributed by atoms with van der Waals surface area (Å²) in [5.41, 5.74) is 1.56. The molecule has 7 heteroatoms. The van der Waals surface area contributed by atoms with Gasteiger partial charge in [-0.05, 0) is 30.8 Å². The van der Waals surface area contributed by atoms with E-state index in [1.165, 1.54) is 22.0 Å². The highest BCUT2D eigenvalue weighted by molar-refractivity contribution is 7.89. The van der Waals surface area contributed by atoms with Crippen LogP contribution in [-0.2, 0) is 16.6 Å². The number of nitrogens with one attached hydrogen (secondary N) is 1. The van der Waals surface area contributed by atoms with Gasteiger partial charge < -0.3 is 10.2 Å². The van der Waals surface area contributed by atoms with E-state index in [-0.39, 0.29) is 10.8 Å². The van der Waals surface area contributed by atoms with E-state index in [2.05, 4.69) is 22.3 Å². The highest BCUT2D eigenvalue weighted by Gasteiger charge is 2.22. The van der Waals surface area contributed by atoms with Gasteiger partial charge in [0.2, 0.25) is 10.0 Å². The van der Waals surface area contributed by atoms with Crippen LogP contribution in [-0.4, -0.2) is 56.8 Å². The predicted molar refractivity (Wildman–Crippen MR) is 112 cm³/mol. The molecule has 152 valence electrons. The minimum Gasteiger partial charge on any atom is -0.351 e. The van der Waals surface area contributed by atoms with Crippen LogP contribution in [0.2, 0.25) is 0 Å². The summed E-state index contributed by atoms with van der Waals surface area (Å²) in [5.74, 6) is -0.273. The minimum atomic E-state index is -3.58. The summed E-state index contributed by atoms with van der Waals surface area (Å²) >= 11 is 0. The number of benzene rings is 2. The smallest absolute Gasteiger partial charge is 0.251 e. The van der Waals surface area contributed by atoms with Crippen molar-refractivity contribution in [3.63, 3.8) is 0 Å². The second kappa shape index (κ2) is 10.4. The van der Waals surface area contributed by atoms with Gasteiger partial charge in [-0.2, -0.15) is 4.31 Å². The monoisotopic (exact) mass is 403 g/mol. The average molecular weight is 404 g/mol. The van der Waals surface area contributed by atoms with Gasteiger partial charge in [-0.3, -0.25) is 4.79 Å². The first kappa shape index (κ1) is 22.1. The van der Waals surface area contributed by atoms with Gasteiger partial charge in [-0.1, -0.05) is 50.2 Å². The Bertz CT molecular complexity index is 865. The van der Waals surface area contributed by atoms with Crippen molar-refractivity contribution in [3.05, 3.63) is 65.7 Å². The van der Waals surface area contributed by atoms with Crippen LogP contribution in [0.15, 0.2) is 59.5 Å². The molecule has 0 spiro atoms. The molecule has 1 amide bonds. The van der Waals surface area contributed by atoms with Crippen LogP contribution in [0.25, 0.3) is 0 Å². The molecule has 28 heavy (non-hydrogen) atoms. The van der Waals surface area contributed by atoms with E-state index in [0.717, 1.165) is 6.54 Å². The van der Waals surface area contributed by atoms with Crippen LogP contribution in [0.4, 0.5) is 0 Å². The van der Waals surface area contributed by atoms with E-state index < -0.39 is 10.0 Å². The molecule has 0 heterocycles. The summed E-state index contributed by atoms with van der Waals surface area (Å²) in [6.45, 7) is 6.35. The quantitative estimate of drug-likeness (QED) is 0.662. The number of sulfonamides is 1. The first-order valence-electron chi connectivity index (χ1n) is 9.49. The highest BCUT2D eigenvalue weighted by Crippen LogP contribution is 2.17. The zero-order chi connectivity index (χ0) is 20.6. The SMILES string of the molecule is CCN(CC)S(=O)(=O)c1cccc(C(=O)NCCN(C)Cc2ccccc2)c1. The molecule has 6 nitrogen and oxygen atoms in total. The summed E-state index contributed by atoms with van der Waals surface area (Å²) in [5, 5.41) is 2.86. The third-order valence-corrected chi connectivity index (χ3v) is 6.56. The fraction of sp³-hybridized carbons (Fsp3) is 0.381. The highest BCUT2D eigenvalue weighted by atomic mass is 32.2. The lowest BCUT2D eigenvalue weighted by Gasteiger charge is -2.19. The van der Waals surface area contributed by atoms with E-state index >= 15 is 0 Å². The number of carbonyl (C=O) groups excluding carboxylic acids is 1. The Balaban J connectivity index is 1.94. The molecule has 2 aromatic rings. The molecule has 0 unspecified atom stereocenters. The molecule has 2 aromatic carbocycles. The Hall–Kier alpha value is -2.22. The molecule has 0 bridgehead atoms. The predicted octanol–water partition coefficient (Wildman–Crippen LogP) is 2.58. The summed E-state index contributed by atoms with van der Waals surface area (Å²) in [4.78, 5) is 14.7. The lowest BCUT2D eigenvalue weighted by atomic mass is 10.2. The molecule has 0 aromatic heterocycles. The van der Waals surface area contributed by atoms with Gasteiger partial charge in [0.05, 0.1) is 4.90 Å². The number of hydrogen-bond acceptors (Lipinski definition) is 4. The molecular formula is C21H29N3O3S. The van der Waals surface area contributed by atoms with Gasteiger partial charge in [0.15, 0.2) is 0 Å². The molecule has 0 aliphatic rings. The number of rotatable bonds is 10. The molecule has 0 atom stereocenters. The Morgan fingerprint density at radius 2 is 1.68 bits per heavy atom. The molecular weight excluding hydrogens is 374 g/mol. The van der Waals surface area contributed by atoms with Crippen molar-refractivity contribution in [3.8, 4) is 0 Å². The minimum absolute atomic E-state index is 0.144. The summed E-state index contributed by atoms with van der Waals surface area (Å²) in [6, 6.07) is 16.3. The third kappa shape index (κ3) is 5.89. The molecule has 0 aliphatic heterocycles. The van der Waals surface area contributed by atoms with E-state index in [1.54, 1.807) is 26.0 Å². The molecule has 0 aliphatic carbocycles. The maximum absolute atomic E-state index is 12.6. The standard InChI is InChI=1S/C21H29N3O3S/c1-4-24(5-2)28(26,27)20-13-9-12-19(16-20)21(25)22-14-15-23(3)17-18-10-7-6-8-11-18/h6-13,16H,4-5,14-15,17H2,1-3H3,(H,22,25). The summed E-state index contributed by atoms with van der Waals surface area (Å²) in [7, 11) is -1.58. The molecule has 0 fully saturated rings. The zero-order valence-corrected chi connectivity index (χ0v) is 17.6. The van der Waals surface area contributed by atoms with Gasteiger partial charge in [-0.25, -0.2) is 8.42 Å². The zero-order valence-electron chi connectivity index (χ0n) is 16.8. The first-order chi connectivity index (χ1) is 13.4. The fourth-order valence-electron chi connectivity index (χ4n) is 2.95. The Labute approximate surface area is 168 Å². The Morgan fingerprint density at radius 1 is 1.00 bits per heavy atom. The number of hydrogen-bond donors (Lipinski definition) is 1. The number of amides is 1. The van der Waals surface area contributed by atoms with Gasteiger partial charge >= 0.3 is 0 Å². The van der Waals surface area contributed by atoms with Gasteiger partial charge in [0, 0.05) is 38.3 Å². The lowest BCUT2D eigenvalue weighted by molar-refractivity contribution is 0.0949. The number of carbonyl (C=O) groups is 1. The van der Waals surface area contributed by atoms with Crippen LogP contribution < -0.4 is 5.32 Å². The Kier molecular flexibility index (Phi) is 8.17.